The molecule has 3 nitrogen and oxygen atoms in total. The van der Waals surface area contributed by atoms with Gasteiger partial charge in [-0.15, -0.1) is 0 Å². The second-order valence-corrected chi connectivity index (χ2v) is 4.71. The summed E-state index contributed by atoms with van der Waals surface area (Å²) in [7, 11) is 0. The SMILES string of the molecule is NC(CO)Cc1cc(Br)cc2c1OCC2. The average molecular weight is 272 g/mol. The van der Waals surface area contributed by atoms with Crippen molar-refractivity contribution in [3.05, 3.63) is 27.7 Å². The van der Waals surface area contributed by atoms with Gasteiger partial charge < -0.3 is 15.6 Å². The molecule has 82 valence electrons. The lowest BCUT2D eigenvalue weighted by molar-refractivity contribution is 0.264. The summed E-state index contributed by atoms with van der Waals surface area (Å²) in [6.07, 6.45) is 1.61. The van der Waals surface area contributed by atoms with E-state index in [9.17, 15) is 0 Å². The number of fused-ring (bicyclic) bond motifs is 1. The Morgan fingerprint density at radius 2 is 2.33 bits per heavy atom. The molecule has 0 radical (unpaired) electrons. The molecular formula is C11H14BrNO2. The van der Waals surface area contributed by atoms with E-state index in [1.165, 1.54) is 5.56 Å². The van der Waals surface area contributed by atoms with Crippen LogP contribution in [0.5, 0.6) is 5.75 Å². The summed E-state index contributed by atoms with van der Waals surface area (Å²) in [4.78, 5) is 0. The lowest BCUT2D eigenvalue weighted by atomic mass is 10.0. The van der Waals surface area contributed by atoms with Gasteiger partial charge in [0, 0.05) is 16.9 Å². The first-order chi connectivity index (χ1) is 7.20. The number of hydrogen-bond donors (Lipinski definition) is 2. The monoisotopic (exact) mass is 271 g/mol. The van der Waals surface area contributed by atoms with Crippen molar-refractivity contribution in [3.63, 3.8) is 0 Å². The standard InChI is InChI=1S/C11H14BrNO2/c12-9-3-7-1-2-15-11(7)8(4-9)5-10(13)6-14/h3-4,10,14H,1-2,5-6,13H2. The van der Waals surface area contributed by atoms with Crippen LogP contribution in [-0.2, 0) is 12.8 Å². The highest BCUT2D eigenvalue weighted by Crippen LogP contribution is 2.33. The van der Waals surface area contributed by atoms with Crippen molar-refractivity contribution in [1.82, 2.24) is 0 Å². The molecule has 3 N–H and O–H groups in total. The van der Waals surface area contributed by atoms with Gasteiger partial charge in [0.15, 0.2) is 0 Å². The minimum Gasteiger partial charge on any atom is -0.493 e. The largest absolute Gasteiger partial charge is 0.493 e. The van der Waals surface area contributed by atoms with Crippen molar-refractivity contribution in [2.75, 3.05) is 13.2 Å². The van der Waals surface area contributed by atoms with Crippen LogP contribution in [0, 0.1) is 0 Å². The minimum atomic E-state index is -0.215. The number of benzene rings is 1. The Morgan fingerprint density at radius 3 is 3.07 bits per heavy atom. The van der Waals surface area contributed by atoms with E-state index < -0.39 is 0 Å². The first-order valence-electron chi connectivity index (χ1n) is 5.01. The Hall–Kier alpha value is -0.580. The van der Waals surface area contributed by atoms with Gasteiger partial charge in [-0.1, -0.05) is 15.9 Å². The second-order valence-electron chi connectivity index (χ2n) is 3.80. The maximum atomic E-state index is 8.94. The van der Waals surface area contributed by atoms with Crippen LogP contribution in [0.1, 0.15) is 11.1 Å². The summed E-state index contributed by atoms with van der Waals surface area (Å²) < 4.78 is 6.62. The first-order valence-corrected chi connectivity index (χ1v) is 5.80. The zero-order valence-electron chi connectivity index (χ0n) is 8.37. The zero-order chi connectivity index (χ0) is 10.8. The highest BCUT2D eigenvalue weighted by atomic mass is 79.9. The molecule has 1 aromatic carbocycles. The third kappa shape index (κ3) is 2.33. The molecule has 4 heteroatoms. The van der Waals surface area contributed by atoms with Crippen molar-refractivity contribution >= 4 is 15.9 Å². The van der Waals surface area contributed by atoms with E-state index in [1.54, 1.807) is 0 Å². The average Bonchev–Trinajstić information content (AvgIpc) is 2.65. The van der Waals surface area contributed by atoms with Gasteiger partial charge in [-0.3, -0.25) is 0 Å². The van der Waals surface area contributed by atoms with E-state index >= 15 is 0 Å². The van der Waals surface area contributed by atoms with Gasteiger partial charge in [-0.2, -0.15) is 0 Å². The van der Waals surface area contributed by atoms with Gasteiger partial charge in [0.05, 0.1) is 13.2 Å². The molecule has 0 bridgehead atoms. The quantitative estimate of drug-likeness (QED) is 0.870. The predicted molar refractivity (Wildman–Crippen MR) is 62.1 cm³/mol. The minimum absolute atomic E-state index is 0.00128. The molecule has 1 aliphatic rings. The Labute approximate surface area is 97.4 Å². The molecular weight excluding hydrogens is 258 g/mol. The highest BCUT2D eigenvalue weighted by molar-refractivity contribution is 9.10. The van der Waals surface area contributed by atoms with Crippen LogP contribution >= 0.6 is 15.9 Å². The zero-order valence-corrected chi connectivity index (χ0v) is 9.96. The number of hydrogen-bond acceptors (Lipinski definition) is 3. The Morgan fingerprint density at radius 1 is 1.53 bits per heavy atom. The topological polar surface area (TPSA) is 55.5 Å². The van der Waals surface area contributed by atoms with Crippen LogP contribution in [0.25, 0.3) is 0 Å². The van der Waals surface area contributed by atoms with E-state index in [4.69, 9.17) is 15.6 Å². The number of ether oxygens (including phenoxy) is 1. The Balaban J connectivity index is 2.30. The summed E-state index contributed by atoms with van der Waals surface area (Å²) in [5, 5.41) is 8.94. The third-order valence-corrected chi connectivity index (χ3v) is 3.00. The van der Waals surface area contributed by atoms with E-state index in [0.717, 1.165) is 28.8 Å². The maximum Gasteiger partial charge on any atom is 0.125 e. The van der Waals surface area contributed by atoms with Crippen LogP contribution in [0.4, 0.5) is 0 Å². The van der Waals surface area contributed by atoms with Crippen molar-refractivity contribution in [3.8, 4) is 5.75 Å². The molecule has 1 heterocycles. The van der Waals surface area contributed by atoms with Crippen molar-refractivity contribution in [1.29, 1.82) is 0 Å². The normalized spacial score (nSPS) is 15.9. The molecule has 2 rings (SSSR count). The number of aliphatic hydroxyl groups is 1. The first kappa shape index (κ1) is 10.9. The lowest BCUT2D eigenvalue weighted by Gasteiger charge is -2.12. The summed E-state index contributed by atoms with van der Waals surface area (Å²) in [6.45, 7) is 0.744. The molecule has 1 atom stereocenters. The number of rotatable bonds is 3. The van der Waals surface area contributed by atoms with Crippen molar-refractivity contribution in [2.24, 2.45) is 5.73 Å². The van der Waals surface area contributed by atoms with Crippen LogP contribution in [-0.4, -0.2) is 24.4 Å². The van der Waals surface area contributed by atoms with Crippen LogP contribution in [0.15, 0.2) is 16.6 Å². The summed E-state index contributed by atoms with van der Waals surface area (Å²) in [5.74, 6) is 0.960. The van der Waals surface area contributed by atoms with Gasteiger partial charge >= 0.3 is 0 Å². The van der Waals surface area contributed by atoms with Crippen molar-refractivity contribution < 1.29 is 9.84 Å². The van der Waals surface area contributed by atoms with E-state index in [1.807, 2.05) is 6.07 Å². The van der Waals surface area contributed by atoms with Crippen LogP contribution < -0.4 is 10.5 Å². The van der Waals surface area contributed by atoms with Gasteiger partial charge in [0.25, 0.3) is 0 Å². The van der Waals surface area contributed by atoms with E-state index in [0.29, 0.717) is 6.42 Å². The molecule has 0 saturated carbocycles. The van der Waals surface area contributed by atoms with Crippen molar-refractivity contribution in [2.45, 2.75) is 18.9 Å². The number of nitrogens with two attached hydrogens (primary N) is 1. The molecule has 0 fully saturated rings. The molecule has 0 aromatic heterocycles. The number of halogens is 1. The van der Waals surface area contributed by atoms with Gasteiger partial charge in [0.1, 0.15) is 5.75 Å². The van der Waals surface area contributed by atoms with Crippen LogP contribution in [0.2, 0.25) is 0 Å². The molecule has 0 spiro atoms. The molecule has 0 aliphatic carbocycles. The fraction of sp³-hybridized carbons (Fsp3) is 0.455. The molecule has 1 aliphatic heterocycles. The molecule has 15 heavy (non-hydrogen) atoms. The second kappa shape index (κ2) is 4.51. The molecule has 1 aromatic rings. The van der Waals surface area contributed by atoms with Gasteiger partial charge in [0.2, 0.25) is 0 Å². The lowest BCUT2D eigenvalue weighted by Crippen LogP contribution is -2.27. The smallest absolute Gasteiger partial charge is 0.125 e. The fourth-order valence-electron chi connectivity index (χ4n) is 1.84. The Kier molecular flexibility index (Phi) is 3.29. The van der Waals surface area contributed by atoms with E-state index in [-0.39, 0.29) is 12.6 Å². The summed E-state index contributed by atoms with van der Waals surface area (Å²) >= 11 is 3.47. The van der Waals surface area contributed by atoms with E-state index in [2.05, 4.69) is 22.0 Å². The molecule has 0 saturated heterocycles. The van der Waals surface area contributed by atoms with Crippen LogP contribution in [0.3, 0.4) is 0 Å². The summed E-state index contributed by atoms with van der Waals surface area (Å²) in [6, 6.07) is 3.88. The van der Waals surface area contributed by atoms with Gasteiger partial charge in [-0.25, -0.2) is 0 Å². The van der Waals surface area contributed by atoms with Gasteiger partial charge in [-0.05, 0) is 29.7 Å². The third-order valence-electron chi connectivity index (χ3n) is 2.54. The molecule has 1 unspecified atom stereocenters. The predicted octanol–water partition coefficient (Wildman–Crippen LogP) is 1.25. The number of aliphatic hydroxyl groups excluding tert-OH is 1. The molecule has 0 amide bonds. The Bertz CT molecular complexity index is 368. The summed E-state index contributed by atoms with van der Waals surface area (Å²) in [5.41, 5.74) is 8.04. The maximum absolute atomic E-state index is 8.94. The fourth-order valence-corrected chi connectivity index (χ4v) is 2.40. The highest BCUT2D eigenvalue weighted by Gasteiger charge is 2.18.